The second-order valence-corrected chi connectivity index (χ2v) is 6.29. The Labute approximate surface area is 166 Å². The Hall–Kier alpha value is -3.26. The van der Waals surface area contributed by atoms with Crippen LogP contribution in [0, 0.1) is 6.92 Å². The van der Waals surface area contributed by atoms with Crippen LogP contribution in [-0.2, 0) is 4.79 Å². The number of aromatic nitrogens is 2. The highest BCUT2D eigenvalue weighted by Crippen LogP contribution is 2.27. The first kappa shape index (κ1) is 19.5. The summed E-state index contributed by atoms with van der Waals surface area (Å²) < 4.78 is 15.9. The maximum absolute atomic E-state index is 11.9. The molecule has 9 heteroatoms. The lowest BCUT2D eigenvalue weighted by Gasteiger charge is -2.11. The number of benzene rings is 2. The molecule has 2 N–H and O–H groups in total. The smallest absolute Gasteiger partial charge is 0.340 e. The molecule has 0 bridgehead atoms. The molecule has 2 aromatic carbocycles. The Bertz CT molecular complexity index is 943. The van der Waals surface area contributed by atoms with E-state index in [2.05, 4.69) is 21.0 Å². The number of methoxy groups -OCH3 is 1. The van der Waals surface area contributed by atoms with E-state index in [0.717, 1.165) is 11.1 Å². The summed E-state index contributed by atoms with van der Waals surface area (Å²) in [4.78, 5) is 16.1. The van der Waals surface area contributed by atoms with Gasteiger partial charge in [-0.15, -0.1) is 0 Å². The van der Waals surface area contributed by atoms with Crippen LogP contribution in [0.3, 0.4) is 0 Å². The van der Waals surface area contributed by atoms with Gasteiger partial charge < -0.3 is 14.0 Å². The molecule has 0 aliphatic heterocycles. The van der Waals surface area contributed by atoms with Crippen LogP contribution in [0.1, 0.15) is 12.0 Å². The number of nitrogens with zero attached hydrogens (tertiary/aromatic N) is 2. The molecule has 8 nitrogen and oxygen atoms in total. The molecule has 0 atom stereocenters. The number of hydrazine groups is 1. The van der Waals surface area contributed by atoms with Gasteiger partial charge in [-0.3, -0.25) is 10.2 Å². The molecule has 3 rings (SSSR count). The molecule has 1 amide bonds. The van der Waals surface area contributed by atoms with Crippen LogP contribution in [-0.4, -0.2) is 29.8 Å². The SMILES string of the molecule is COc1cc(C)ccc1OCCC(=O)NNc1nc(-c2ccc(Cl)cc2)no1. The minimum Gasteiger partial charge on any atom is -0.493 e. The average molecular weight is 403 g/mol. The van der Waals surface area contributed by atoms with E-state index < -0.39 is 0 Å². The van der Waals surface area contributed by atoms with Gasteiger partial charge in [-0.25, -0.2) is 5.43 Å². The number of carbonyl (C=O) groups is 1. The molecule has 28 heavy (non-hydrogen) atoms. The van der Waals surface area contributed by atoms with Crippen molar-refractivity contribution in [2.75, 3.05) is 19.1 Å². The first-order valence-corrected chi connectivity index (χ1v) is 8.85. The van der Waals surface area contributed by atoms with Crippen LogP contribution >= 0.6 is 11.6 Å². The summed E-state index contributed by atoms with van der Waals surface area (Å²) in [5, 5.41) is 4.45. The summed E-state index contributed by atoms with van der Waals surface area (Å²) in [6.07, 6.45) is 0.127. The van der Waals surface area contributed by atoms with E-state index in [9.17, 15) is 4.79 Å². The summed E-state index contributed by atoms with van der Waals surface area (Å²) in [6, 6.07) is 12.6. The average Bonchev–Trinajstić information content (AvgIpc) is 3.17. The number of hydrogen-bond donors (Lipinski definition) is 2. The normalized spacial score (nSPS) is 10.4. The molecule has 1 heterocycles. The summed E-state index contributed by atoms with van der Waals surface area (Å²) in [5.41, 5.74) is 6.86. The third kappa shape index (κ3) is 5.14. The maximum Gasteiger partial charge on any atom is 0.340 e. The number of aryl methyl sites for hydroxylation is 1. The second-order valence-electron chi connectivity index (χ2n) is 5.86. The molecule has 0 aliphatic carbocycles. The third-order valence-electron chi connectivity index (χ3n) is 3.74. The van der Waals surface area contributed by atoms with Gasteiger partial charge in [0.1, 0.15) is 0 Å². The van der Waals surface area contributed by atoms with Crippen LogP contribution in [0.15, 0.2) is 47.0 Å². The van der Waals surface area contributed by atoms with Gasteiger partial charge in [0.2, 0.25) is 11.7 Å². The first-order valence-electron chi connectivity index (χ1n) is 8.47. The lowest BCUT2D eigenvalue weighted by molar-refractivity contribution is -0.121. The van der Waals surface area contributed by atoms with Crippen molar-refractivity contribution in [2.45, 2.75) is 13.3 Å². The van der Waals surface area contributed by atoms with E-state index >= 15 is 0 Å². The number of hydrogen-bond acceptors (Lipinski definition) is 7. The standard InChI is InChI=1S/C19H19ClN4O4/c1-12-3-8-15(16(11-12)26-2)27-10-9-17(25)22-23-19-21-18(24-28-19)13-4-6-14(20)7-5-13/h3-8,11H,9-10H2,1-2H3,(H,22,25)(H,21,23,24). The third-order valence-corrected chi connectivity index (χ3v) is 4.00. The predicted molar refractivity (Wildman–Crippen MR) is 104 cm³/mol. The lowest BCUT2D eigenvalue weighted by atomic mass is 10.2. The first-order chi connectivity index (χ1) is 13.5. The lowest BCUT2D eigenvalue weighted by Crippen LogP contribution is -2.30. The van der Waals surface area contributed by atoms with Gasteiger partial charge in [0.15, 0.2) is 11.5 Å². The Balaban J connectivity index is 1.45. The fourth-order valence-electron chi connectivity index (χ4n) is 2.32. The van der Waals surface area contributed by atoms with Crippen LogP contribution < -0.4 is 20.3 Å². The molecule has 0 aliphatic rings. The fourth-order valence-corrected chi connectivity index (χ4v) is 2.45. The van der Waals surface area contributed by atoms with Crippen molar-refractivity contribution in [3.8, 4) is 22.9 Å². The highest BCUT2D eigenvalue weighted by atomic mass is 35.5. The Morgan fingerprint density at radius 1 is 1.18 bits per heavy atom. The molecule has 0 spiro atoms. The molecular formula is C19H19ClN4O4. The molecule has 3 aromatic rings. The van der Waals surface area contributed by atoms with E-state index in [4.69, 9.17) is 25.6 Å². The van der Waals surface area contributed by atoms with Crippen molar-refractivity contribution >= 4 is 23.5 Å². The highest BCUT2D eigenvalue weighted by molar-refractivity contribution is 6.30. The van der Waals surface area contributed by atoms with Gasteiger partial charge in [-0.1, -0.05) is 22.8 Å². The van der Waals surface area contributed by atoms with Crippen LogP contribution in [0.25, 0.3) is 11.4 Å². The van der Waals surface area contributed by atoms with Crippen molar-refractivity contribution in [1.29, 1.82) is 0 Å². The fraction of sp³-hybridized carbons (Fsp3) is 0.211. The molecule has 0 fully saturated rings. The van der Waals surface area contributed by atoms with Gasteiger partial charge in [0.05, 0.1) is 20.1 Å². The van der Waals surface area contributed by atoms with Gasteiger partial charge >= 0.3 is 6.01 Å². The molecule has 146 valence electrons. The van der Waals surface area contributed by atoms with Crippen molar-refractivity contribution in [3.63, 3.8) is 0 Å². The number of rotatable bonds is 8. The number of nitrogens with one attached hydrogen (secondary N) is 2. The summed E-state index contributed by atoms with van der Waals surface area (Å²) >= 11 is 5.85. The second kappa shape index (κ2) is 9.09. The quantitative estimate of drug-likeness (QED) is 0.555. The van der Waals surface area contributed by atoms with E-state index in [1.54, 1.807) is 37.4 Å². The van der Waals surface area contributed by atoms with Gasteiger partial charge in [-0.05, 0) is 48.9 Å². The zero-order valence-electron chi connectivity index (χ0n) is 15.4. The number of amides is 1. The molecule has 0 saturated heterocycles. The molecule has 0 radical (unpaired) electrons. The molecule has 0 saturated carbocycles. The van der Waals surface area contributed by atoms with Crippen molar-refractivity contribution in [2.24, 2.45) is 0 Å². The molecule has 1 aromatic heterocycles. The molecular weight excluding hydrogens is 384 g/mol. The zero-order chi connectivity index (χ0) is 19.9. The van der Waals surface area contributed by atoms with Crippen LogP contribution in [0.2, 0.25) is 5.02 Å². The van der Waals surface area contributed by atoms with E-state index in [1.807, 2.05) is 19.1 Å². The van der Waals surface area contributed by atoms with Gasteiger partial charge in [0, 0.05) is 10.6 Å². The Kier molecular flexibility index (Phi) is 6.33. The Morgan fingerprint density at radius 3 is 2.71 bits per heavy atom. The van der Waals surface area contributed by atoms with Crippen molar-refractivity contribution < 1.29 is 18.8 Å². The Morgan fingerprint density at radius 2 is 1.96 bits per heavy atom. The number of halogens is 1. The summed E-state index contributed by atoms with van der Waals surface area (Å²) in [6.45, 7) is 2.15. The topological polar surface area (TPSA) is 98.5 Å². The highest BCUT2D eigenvalue weighted by Gasteiger charge is 2.10. The summed E-state index contributed by atoms with van der Waals surface area (Å²) in [5.74, 6) is 1.29. The predicted octanol–water partition coefficient (Wildman–Crippen LogP) is 3.62. The van der Waals surface area contributed by atoms with Crippen molar-refractivity contribution in [1.82, 2.24) is 15.6 Å². The minimum atomic E-state index is -0.294. The summed E-state index contributed by atoms with van der Waals surface area (Å²) in [7, 11) is 1.57. The number of ether oxygens (including phenoxy) is 2. The minimum absolute atomic E-state index is 0.0689. The largest absolute Gasteiger partial charge is 0.493 e. The monoisotopic (exact) mass is 402 g/mol. The number of anilines is 1. The van der Waals surface area contributed by atoms with Crippen molar-refractivity contribution in [3.05, 3.63) is 53.1 Å². The van der Waals surface area contributed by atoms with E-state index in [0.29, 0.717) is 22.3 Å². The van der Waals surface area contributed by atoms with Crippen LogP contribution in [0.5, 0.6) is 11.5 Å². The van der Waals surface area contributed by atoms with Gasteiger partial charge in [-0.2, -0.15) is 4.98 Å². The van der Waals surface area contributed by atoms with E-state index in [-0.39, 0.29) is 24.9 Å². The zero-order valence-corrected chi connectivity index (χ0v) is 16.1. The maximum atomic E-state index is 11.9. The van der Waals surface area contributed by atoms with E-state index in [1.165, 1.54) is 0 Å². The molecule has 0 unspecified atom stereocenters. The van der Waals surface area contributed by atoms with Gasteiger partial charge in [0.25, 0.3) is 0 Å². The number of carbonyl (C=O) groups excluding carboxylic acids is 1. The van der Waals surface area contributed by atoms with Crippen LogP contribution in [0.4, 0.5) is 6.01 Å².